The molecule has 1 fully saturated rings. The summed E-state index contributed by atoms with van der Waals surface area (Å²) in [6, 6.07) is 6.11. The highest BCUT2D eigenvalue weighted by Crippen LogP contribution is 2.23. The van der Waals surface area contributed by atoms with E-state index in [1.807, 2.05) is 12.1 Å². The van der Waals surface area contributed by atoms with Crippen LogP contribution in [0.1, 0.15) is 11.4 Å². The van der Waals surface area contributed by atoms with Gasteiger partial charge in [0.15, 0.2) is 5.65 Å². The van der Waals surface area contributed by atoms with Gasteiger partial charge in [-0.1, -0.05) is 12.1 Å². The van der Waals surface area contributed by atoms with Crippen molar-refractivity contribution in [2.75, 3.05) is 43.1 Å². The van der Waals surface area contributed by atoms with Crippen molar-refractivity contribution in [1.29, 1.82) is 0 Å². The zero-order chi connectivity index (χ0) is 20.5. The standard InChI is InChI=1S/C19H22BrN9O/c20-13-10-23-29-17(13)26-19(28-6-8-30-9-7-28)27-18(29)22-11-15-24-14-3-1-2-12(4-5-21)16(14)25-15/h1-3,10H,4-9,11,21H2,(H,24,25)(H,22,26,27). The maximum Gasteiger partial charge on any atom is 0.230 e. The van der Waals surface area contributed by atoms with E-state index in [4.69, 9.17) is 20.4 Å². The summed E-state index contributed by atoms with van der Waals surface area (Å²) >= 11 is 3.53. The lowest BCUT2D eigenvalue weighted by Gasteiger charge is -2.27. The van der Waals surface area contributed by atoms with Gasteiger partial charge < -0.3 is 25.7 Å². The molecular formula is C19H22BrN9O. The zero-order valence-corrected chi connectivity index (χ0v) is 17.9. The van der Waals surface area contributed by atoms with Gasteiger partial charge >= 0.3 is 0 Å². The van der Waals surface area contributed by atoms with Crippen LogP contribution in [0.4, 0.5) is 11.9 Å². The molecule has 4 N–H and O–H groups in total. The molecule has 156 valence electrons. The van der Waals surface area contributed by atoms with Crippen molar-refractivity contribution in [3.05, 3.63) is 40.3 Å². The third-order valence-electron chi connectivity index (χ3n) is 5.08. The van der Waals surface area contributed by atoms with Gasteiger partial charge in [-0.05, 0) is 40.5 Å². The number of aromatic nitrogens is 6. The van der Waals surface area contributed by atoms with E-state index in [0.29, 0.717) is 43.8 Å². The largest absolute Gasteiger partial charge is 0.378 e. The van der Waals surface area contributed by atoms with Crippen LogP contribution in [0.3, 0.4) is 0 Å². The number of benzene rings is 1. The van der Waals surface area contributed by atoms with Gasteiger partial charge in [0, 0.05) is 13.1 Å². The van der Waals surface area contributed by atoms with Gasteiger partial charge in [-0.2, -0.15) is 19.6 Å². The summed E-state index contributed by atoms with van der Waals surface area (Å²) in [5.74, 6) is 2.08. The van der Waals surface area contributed by atoms with Crippen molar-refractivity contribution in [2.24, 2.45) is 5.73 Å². The summed E-state index contributed by atoms with van der Waals surface area (Å²) in [5.41, 5.74) is 9.55. The second-order valence-electron chi connectivity index (χ2n) is 7.06. The molecule has 1 saturated heterocycles. The summed E-state index contributed by atoms with van der Waals surface area (Å²) in [5, 5.41) is 7.75. The number of H-pyrrole nitrogens is 1. The number of nitrogens with zero attached hydrogens (tertiary/aromatic N) is 6. The van der Waals surface area contributed by atoms with Gasteiger partial charge in [-0.15, -0.1) is 0 Å². The number of hydrogen-bond acceptors (Lipinski definition) is 8. The number of anilines is 2. The topological polar surface area (TPSA) is 122 Å². The Balaban J connectivity index is 1.45. The first kappa shape index (κ1) is 19.2. The Morgan fingerprint density at radius 3 is 2.90 bits per heavy atom. The number of rotatable bonds is 6. The summed E-state index contributed by atoms with van der Waals surface area (Å²) in [6.45, 7) is 3.92. The molecule has 1 aliphatic rings. The first-order valence-electron chi connectivity index (χ1n) is 9.87. The molecule has 0 atom stereocenters. The van der Waals surface area contributed by atoms with Crippen LogP contribution in [-0.4, -0.2) is 62.4 Å². The number of morpholine rings is 1. The first-order valence-corrected chi connectivity index (χ1v) is 10.7. The predicted octanol–water partition coefficient (Wildman–Crippen LogP) is 1.71. The van der Waals surface area contributed by atoms with Gasteiger partial charge in [-0.25, -0.2) is 4.98 Å². The average Bonchev–Trinajstić information content (AvgIpc) is 3.37. The number of imidazole rings is 1. The highest BCUT2D eigenvalue weighted by molar-refractivity contribution is 9.10. The summed E-state index contributed by atoms with van der Waals surface area (Å²) in [6.07, 6.45) is 2.52. The van der Waals surface area contributed by atoms with E-state index in [2.05, 4.69) is 47.3 Å². The Morgan fingerprint density at radius 1 is 1.20 bits per heavy atom. The van der Waals surface area contributed by atoms with Crippen LogP contribution in [0.2, 0.25) is 0 Å². The van der Waals surface area contributed by atoms with Crippen LogP contribution in [0.15, 0.2) is 28.9 Å². The molecule has 4 aromatic rings. The monoisotopic (exact) mass is 471 g/mol. The van der Waals surface area contributed by atoms with E-state index in [9.17, 15) is 0 Å². The molecule has 0 radical (unpaired) electrons. The molecule has 0 spiro atoms. The Labute approximate surface area is 181 Å². The smallest absolute Gasteiger partial charge is 0.230 e. The number of nitrogens with one attached hydrogen (secondary N) is 2. The molecular weight excluding hydrogens is 450 g/mol. The summed E-state index contributed by atoms with van der Waals surface area (Å²) < 4.78 is 7.96. The molecule has 1 aromatic carbocycles. The third-order valence-corrected chi connectivity index (χ3v) is 5.64. The average molecular weight is 472 g/mol. The van der Waals surface area contributed by atoms with E-state index in [0.717, 1.165) is 46.4 Å². The number of para-hydroxylation sites is 1. The first-order chi connectivity index (χ1) is 14.7. The lowest BCUT2D eigenvalue weighted by molar-refractivity contribution is 0.122. The maximum absolute atomic E-state index is 5.73. The van der Waals surface area contributed by atoms with Crippen molar-refractivity contribution in [1.82, 2.24) is 29.5 Å². The van der Waals surface area contributed by atoms with Gasteiger partial charge in [0.2, 0.25) is 11.9 Å². The van der Waals surface area contributed by atoms with Crippen LogP contribution in [0.25, 0.3) is 16.7 Å². The number of aromatic amines is 1. The summed E-state index contributed by atoms with van der Waals surface area (Å²) in [7, 11) is 0. The SMILES string of the molecule is NCCc1cccc2[nH]c(CNc3nc(N4CCOCC4)nc4c(Br)cnn34)nc12. The van der Waals surface area contributed by atoms with Crippen molar-refractivity contribution in [3.8, 4) is 0 Å². The van der Waals surface area contributed by atoms with E-state index in [1.54, 1.807) is 10.7 Å². The second-order valence-corrected chi connectivity index (χ2v) is 7.92. The molecule has 4 heterocycles. The Kier molecular flexibility index (Phi) is 5.23. The fourth-order valence-corrected chi connectivity index (χ4v) is 3.95. The maximum atomic E-state index is 5.73. The van der Waals surface area contributed by atoms with E-state index in [1.165, 1.54) is 0 Å². The van der Waals surface area contributed by atoms with Crippen molar-refractivity contribution >= 4 is 44.5 Å². The molecule has 30 heavy (non-hydrogen) atoms. The van der Waals surface area contributed by atoms with Gasteiger partial charge in [0.25, 0.3) is 0 Å². The normalized spacial score (nSPS) is 14.7. The molecule has 0 unspecified atom stereocenters. The number of nitrogens with two attached hydrogens (primary N) is 1. The van der Waals surface area contributed by atoms with Gasteiger partial charge in [0.05, 0.1) is 41.5 Å². The fraction of sp³-hybridized carbons (Fsp3) is 0.368. The third kappa shape index (κ3) is 3.59. The minimum absolute atomic E-state index is 0.475. The molecule has 0 saturated carbocycles. The van der Waals surface area contributed by atoms with Crippen LogP contribution in [-0.2, 0) is 17.7 Å². The van der Waals surface area contributed by atoms with Crippen LogP contribution < -0.4 is 16.0 Å². The minimum Gasteiger partial charge on any atom is -0.378 e. The number of hydrogen-bond donors (Lipinski definition) is 3. The van der Waals surface area contributed by atoms with Crippen LogP contribution >= 0.6 is 15.9 Å². The lowest BCUT2D eigenvalue weighted by Crippen LogP contribution is -2.37. The van der Waals surface area contributed by atoms with E-state index >= 15 is 0 Å². The molecule has 10 nitrogen and oxygen atoms in total. The lowest BCUT2D eigenvalue weighted by atomic mass is 10.1. The van der Waals surface area contributed by atoms with E-state index in [-0.39, 0.29) is 0 Å². The molecule has 11 heteroatoms. The van der Waals surface area contributed by atoms with Gasteiger partial charge in [-0.3, -0.25) is 0 Å². The molecule has 5 rings (SSSR count). The Hall–Kier alpha value is -2.76. The highest BCUT2D eigenvalue weighted by Gasteiger charge is 2.19. The fourth-order valence-electron chi connectivity index (χ4n) is 3.61. The summed E-state index contributed by atoms with van der Waals surface area (Å²) in [4.78, 5) is 19.7. The quantitative estimate of drug-likeness (QED) is 0.388. The minimum atomic E-state index is 0.475. The number of halogens is 1. The van der Waals surface area contributed by atoms with Crippen molar-refractivity contribution in [3.63, 3.8) is 0 Å². The van der Waals surface area contributed by atoms with Gasteiger partial charge in [0.1, 0.15) is 5.82 Å². The van der Waals surface area contributed by atoms with E-state index < -0.39 is 0 Å². The highest BCUT2D eigenvalue weighted by atomic mass is 79.9. The van der Waals surface area contributed by atoms with Crippen LogP contribution in [0.5, 0.6) is 0 Å². The van der Waals surface area contributed by atoms with Crippen LogP contribution in [0, 0.1) is 0 Å². The molecule has 3 aromatic heterocycles. The Morgan fingerprint density at radius 2 is 2.07 bits per heavy atom. The molecule has 0 aliphatic carbocycles. The molecule has 1 aliphatic heterocycles. The predicted molar refractivity (Wildman–Crippen MR) is 118 cm³/mol. The molecule has 0 amide bonds. The molecule has 0 bridgehead atoms. The second kappa shape index (κ2) is 8.17. The van der Waals surface area contributed by atoms with Crippen molar-refractivity contribution < 1.29 is 4.74 Å². The number of ether oxygens (including phenoxy) is 1. The zero-order valence-electron chi connectivity index (χ0n) is 16.3. The van der Waals surface area contributed by atoms with Crippen molar-refractivity contribution in [2.45, 2.75) is 13.0 Å². The Bertz CT molecular complexity index is 1180. The number of fused-ring (bicyclic) bond motifs is 2.